The monoisotopic (exact) mass is 218 g/mol. The molecule has 0 spiro atoms. The summed E-state index contributed by atoms with van der Waals surface area (Å²) in [6, 6.07) is 5.41. The van der Waals surface area contributed by atoms with Crippen molar-refractivity contribution in [2.75, 3.05) is 11.9 Å². The van der Waals surface area contributed by atoms with Gasteiger partial charge in [-0.1, -0.05) is 0 Å². The Morgan fingerprint density at radius 2 is 2.31 bits per heavy atom. The molecule has 0 unspecified atom stereocenters. The number of nitrogens with zero attached hydrogens (tertiary/aromatic N) is 1. The first-order valence-electron chi connectivity index (χ1n) is 5.03. The van der Waals surface area contributed by atoms with E-state index in [0.29, 0.717) is 17.9 Å². The van der Waals surface area contributed by atoms with Crippen LogP contribution < -0.4 is 5.32 Å². The third-order valence-electron chi connectivity index (χ3n) is 2.19. The molecule has 0 aliphatic heterocycles. The lowest BCUT2D eigenvalue weighted by Gasteiger charge is -2.00. The zero-order valence-electron chi connectivity index (χ0n) is 8.91. The van der Waals surface area contributed by atoms with Crippen molar-refractivity contribution in [1.82, 2.24) is 9.97 Å². The highest BCUT2D eigenvalue weighted by atomic mass is 16.3. The maximum atomic E-state index is 10.9. The van der Waals surface area contributed by atoms with Gasteiger partial charge in [0.25, 0.3) is 0 Å². The van der Waals surface area contributed by atoms with Crippen LogP contribution in [0.1, 0.15) is 12.7 Å². The lowest BCUT2D eigenvalue weighted by atomic mass is 10.3. The number of nitrogens with one attached hydrogen (secondary N) is 2. The molecule has 2 rings (SSSR count). The van der Waals surface area contributed by atoms with Crippen molar-refractivity contribution in [2.45, 2.75) is 13.3 Å². The summed E-state index contributed by atoms with van der Waals surface area (Å²) in [5.74, 6) is 0.569. The van der Waals surface area contributed by atoms with Crippen molar-refractivity contribution >= 4 is 22.6 Å². The molecule has 1 aromatic heterocycles. The number of anilines is 1. The molecule has 0 aliphatic rings. The molecule has 5 nitrogen and oxygen atoms in total. The van der Waals surface area contributed by atoms with Crippen LogP contribution in [0, 0.1) is 0 Å². The standard InChI is InChI=1S/C11H12N3O2/c1-7(16)12-8-2-3-9-10(6-8)14-11(13-9)4-5-15/h2-3,6H,4-5H2,1H3,(H,12,16)(H,13,14). The average molecular weight is 218 g/mol. The van der Waals surface area contributed by atoms with E-state index < -0.39 is 0 Å². The summed E-state index contributed by atoms with van der Waals surface area (Å²) in [5.41, 5.74) is 2.34. The summed E-state index contributed by atoms with van der Waals surface area (Å²) in [6.07, 6.45) is 0.393. The fourth-order valence-corrected chi connectivity index (χ4v) is 1.55. The molecule has 0 saturated heterocycles. The Hall–Kier alpha value is -1.88. The van der Waals surface area contributed by atoms with Gasteiger partial charge in [-0.3, -0.25) is 4.79 Å². The molecule has 0 bridgehead atoms. The summed E-state index contributed by atoms with van der Waals surface area (Å²) in [7, 11) is 0. The molecule has 1 heterocycles. The number of fused-ring (bicyclic) bond motifs is 1. The molecular formula is C11H12N3O2. The van der Waals surface area contributed by atoms with Gasteiger partial charge in [-0.25, -0.2) is 10.1 Å². The van der Waals surface area contributed by atoms with Gasteiger partial charge in [-0.15, -0.1) is 0 Å². The van der Waals surface area contributed by atoms with E-state index in [9.17, 15) is 9.90 Å². The van der Waals surface area contributed by atoms with E-state index in [4.69, 9.17) is 0 Å². The van der Waals surface area contributed by atoms with Gasteiger partial charge in [0.15, 0.2) is 0 Å². The molecule has 1 aromatic carbocycles. The van der Waals surface area contributed by atoms with Crippen LogP contribution >= 0.6 is 0 Å². The van der Waals surface area contributed by atoms with E-state index in [1.54, 1.807) is 12.1 Å². The fraction of sp³-hybridized carbons (Fsp3) is 0.273. The lowest BCUT2D eigenvalue weighted by molar-refractivity contribution is -0.114. The topological polar surface area (TPSA) is 77.7 Å². The van der Waals surface area contributed by atoms with Crippen molar-refractivity contribution in [3.63, 3.8) is 0 Å². The fourth-order valence-electron chi connectivity index (χ4n) is 1.55. The van der Waals surface area contributed by atoms with Gasteiger partial charge in [0.05, 0.1) is 17.6 Å². The van der Waals surface area contributed by atoms with E-state index >= 15 is 0 Å². The largest absolute Gasteiger partial charge is 0.342 e. The van der Waals surface area contributed by atoms with E-state index in [1.807, 2.05) is 6.07 Å². The molecule has 0 aliphatic carbocycles. The second kappa shape index (κ2) is 4.32. The molecule has 1 radical (unpaired) electrons. The second-order valence-electron chi connectivity index (χ2n) is 3.55. The number of carbonyl (C=O) groups is 1. The SMILES string of the molecule is CC(=O)Nc1ccc2[nH]c(CC[O])nc2c1. The van der Waals surface area contributed by atoms with Crippen molar-refractivity contribution in [1.29, 1.82) is 0 Å². The Morgan fingerprint density at radius 1 is 1.50 bits per heavy atom. The van der Waals surface area contributed by atoms with E-state index in [-0.39, 0.29) is 12.5 Å². The van der Waals surface area contributed by atoms with Crippen molar-refractivity contribution in [2.24, 2.45) is 0 Å². The predicted molar refractivity (Wildman–Crippen MR) is 59.7 cm³/mol. The summed E-state index contributed by atoms with van der Waals surface area (Å²) in [6.45, 7) is 1.27. The maximum absolute atomic E-state index is 10.9. The minimum atomic E-state index is -0.182. The minimum Gasteiger partial charge on any atom is -0.342 e. The highest BCUT2D eigenvalue weighted by Crippen LogP contribution is 2.17. The van der Waals surface area contributed by atoms with Crippen LogP contribution in [-0.2, 0) is 16.3 Å². The van der Waals surface area contributed by atoms with Crippen LogP contribution in [0.4, 0.5) is 5.69 Å². The van der Waals surface area contributed by atoms with Gasteiger partial charge < -0.3 is 10.3 Å². The molecule has 16 heavy (non-hydrogen) atoms. The Morgan fingerprint density at radius 3 is 3.00 bits per heavy atom. The van der Waals surface area contributed by atoms with E-state index in [1.165, 1.54) is 6.92 Å². The molecule has 2 aromatic rings. The number of rotatable bonds is 3. The van der Waals surface area contributed by atoms with Crippen molar-refractivity contribution < 1.29 is 9.90 Å². The molecule has 0 saturated carbocycles. The first-order chi connectivity index (χ1) is 7.69. The number of aromatic nitrogens is 2. The third-order valence-corrected chi connectivity index (χ3v) is 2.19. The lowest BCUT2D eigenvalue weighted by Crippen LogP contribution is -2.05. The number of amides is 1. The van der Waals surface area contributed by atoms with Gasteiger partial charge in [-0.05, 0) is 18.2 Å². The molecule has 0 fully saturated rings. The third kappa shape index (κ3) is 2.20. The number of H-pyrrole nitrogens is 1. The molecule has 5 heteroatoms. The van der Waals surface area contributed by atoms with Gasteiger partial charge in [0.1, 0.15) is 5.82 Å². The Balaban J connectivity index is 2.33. The highest BCUT2D eigenvalue weighted by molar-refractivity contribution is 5.91. The number of imidazole rings is 1. The van der Waals surface area contributed by atoms with Gasteiger partial charge in [0, 0.05) is 19.0 Å². The molecule has 83 valence electrons. The molecular weight excluding hydrogens is 206 g/mol. The van der Waals surface area contributed by atoms with Crippen LogP contribution in [0.3, 0.4) is 0 Å². The van der Waals surface area contributed by atoms with Gasteiger partial charge in [0.2, 0.25) is 5.91 Å². The summed E-state index contributed by atoms with van der Waals surface area (Å²) >= 11 is 0. The van der Waals surface area contributed by atoms with Crippen LogP contribution in [0.2, 0.25) is 0 Å². The van der Waals surface area contributed by atoms with Crippen LogP contribution in [0.15, 0.2) is 18.2 Å². The highest BCUT2D eigenvalue weighted by Gasteiger charge is 2.04. The van der Waals surface area contributed by atoms with Crippen LogP contribution in [-0.4, -0.2) is 22.5 Å². The Bertz CT molecular complexity index is 519. The number of benzene rings is 1. The first kappa shape index (κ1) is 10.6. The second-order valence-corrected chi connectivity index (χ2v) is 3.55. The molecule has 0 atom stereocenters. The number of hydrogen-bond acceptors (Lipinski definition) is 2. The summed E-state index contributed by atoms with van der Waals surface area (Å²) in [4.78, 5) is 18.2. The minimum absolute atomic E-state index is 0.116. The predicted octanol–water partition coefficient (Wildman–Crippen LogP) is 1.49. The quantitative estimate of drug-likeness (QED) is 0.818. The maximum Gasteiger partial charge on any atom is 0.221 e. The molecule has 2 N–H and O–H groups in total. The van der Waals surface area contributed by atoms with E-state index in [2.05, 4.69) is 15.3 Å². The zero-order chi connectivity index (χ0) is 11.5. The zero-order valence-corrected chi connectivity index (χ0v) is 8.91. The van der Waals surface area contributed by atoms with Gasteiger partial charge >= 0.3 is 0 Å². The number of hydrogen-bond donors (Lipinski definition) is 2. The smallest absolute Gasteiger partial charge is 0.221 e. The van der Waals surface area contributed by atoms with Gasteiger partial charge in [-0.2, -0.15) is 0 Å². The summed E-state index contributed by atoms with van der Waals surface area (Å²) < 4.78 is 0. The van der Waals surface area contributed by atoms with Crippen LogP contribution in [0.25, 0.3) is 11.0 Å². The van der Waals surface area contributed by atoms with E-state index in [0.717, 1.165) is 11.0 Å². The number of aromatic amines is 1. The van der Waals surface area contributed by atoms with Crippen molar-refractivity contribution in [3.05, 3.63) is 24.0 Å². The Labute approximate surface area is 92.5 Å². The normalized spacial score (nSPS) is 10.6. The average Bonchev–Trinajstić information content (AvgIpc) is 2.59. The molecule has 1 amide bonds. The number of carbonyl (C=O) groups excluding carboxylic acids is 1. The first-order valence-corrected chi connectivity index (χ1v) is 5.03. The van der Waals surface area contributed by atoms with Crippen molar-refractivity contribution in [3.8, 4) is 0 Å². The summed E-state index contributed by atoms with van der Waals surface area (Å²) in [5, 5.41) is 13.2. The van der Waals surface area contributed by atoms with Crippen LogP contribution in [0.5, 0.6) is 0 Å². The Kier molecular flexibility index (Phi) is 2.87.